The lowest BCUT2D eigenvalue weighted by atomic mass is 10.1. The van der Waals surface area contributed by atoms with Crippen LogP contribution in [-0.2, 0) is 0 Å². The van der Waals surface area contributed by atoms with Crippen LogP contribution in [-0.4, -0.2) is 31.0 Å². The Labute approximate surface area is 107 Å². The minimum Gasteiger partial charge on any atom is -0.497 e. The highest BCUT2D eigenvalue weighted by Crippen LogP contribution is 2.35. The number of anilines is 1. The first kappa shape index (κ1) is 14.2. The van der Waals surface area contributed by atoms with E-state index >= 15 is 0 Å². The van der Waals surface area contributed by atoms with Crippen molar-refractivity contribution in [3.8, 4) is 11.5 Å². The van der Waals surface area contributed by atoms with Crippen molar-refractivity contribution in [1.29, 1.82) is 0 Å². The molecule has 18 heavy (non-hydrogen) atoms. The monoisotopic (exact) mass is 253 g/mol. The van der Waals surface area contributed by atoms with Gasteiger partial charge in [0.1, 0.15) is 11.5 Å². The number of methoxy groups -OCH3 is 2. The van der Waals surface area contributed by atoms with Gasteiger partial charge in [0, 0.05) is 11.6 Å². The molecular weight excluding hydrogens is 234 g/mol. The van der Waals surface area contributed by atoms with Crippen molar-refractivity contribution in [3.05, 3.63) is 18.2 Å². The number of hydrogen-bond donors (Lipinski definition) is 1. The molecule has 0 heterocycles. The van der Waals surface area contributed by atoms with Gasteiger partial charge >= 0.3 is 6.09 Å². The standard InChI is InChI=1S/C13H19NO4/c1-13(2,3)14(12(15)16)10-7-6-9(17-4)8-11(10)18-5/h6-8H,1-5H3,(H,15,16). The van der Waals surface area contributed by atoms with Crippen molar-refractivity contribution < 1.29 is 19.4 Å². The molecule has 0 aliphatic rings. The summed E-state index contributed by atoms with van der Waals surface area (Å²) in [7, 11) is 3.05. The quantitative estimate of drug-likeness (QED) is 0.899. The first-order chi connectivity index (χ1) is 8.31. The highest BCUT2D eigenvalue weighted by atomic mass is 16.5. The number of rotatable bonds is 3. The predicted molar refractivity (Wildman–Crippen MR) is 69.8 cm³/mol. The molecule has 1 rings (SSSR count). The Morgan fingerprint density at radius 1 is 1.22 bits per heavy atom. The smallest absolute Gasteiger partial charge is 0.412 e. The van der Waals surface area contributed by atoms with Gasteiger partial charge in [-0.25, -0.2) is 4.79 Å². The van der Waals surface area contributed by atoms with Gasteiger partial charge in [-0.2, -0.15) is 0 Å². The third-order valence-electron chi connectivity index (χ3n) is 2.49. The van der Waals surface area contributed by atoms with Gasteiger partial charge in [-0.3, -0.25) is 4.90 Å². The summed E-state index contributed by atoms with van der Waals surface area (Å²) in [4.78, 5) is 12.7. The van der Waals surface area contributed by atoms with Crippen molar-refractivity contribution in [2.45, 2.75) is 26.3 Å². The fourth-order valence-electron chi connectivity index (χ4n) is 1.72. The Hall–Kier alpha value is -1.91. The molecule has 1 aromatic carbocycles. The molecule has 0 aromatic heterocycles. The molecule has 0 bridgehead atoms. The van der Waals surface area contributed by atoms with Gasteiger partial charge in [0.15, 0.2) is 0 Å². The summed E-state index contributed by atoms with van der Waals surface area (Å²) >= 11 is 0. The minimum atomic E-state index is -1.02. The second-order valence-electron chi connectivity index (χ2n) is 4.83. The van der Waals surface area contributed by atoms with Gasteiger partial charge in [0.05, 0.1) is 19.9 Å². The van der Waals surface area contributed by atoms with Crippen LogP contribution in [0.15, 0.2) is 18.2 Å². The van der Waals surface area contributed by atoms with Gasteiger partial charge in [-0.1, -0.05) is 0 Å². The molecule has 1 N–H and O–H groups in total. The van der Waals surface area contributed by atoms with Gasteiger partial charge in [-0.05, 0) is 32.9 Å². The molecule has 1 amide bonds. The van der Waals surface area contributed by atoms with Crippen LogP contribution in [0.3, 0.4) is 0 Å². The lowest BCUT2D eigenvalue weighted by Gasteiger charge is -2.34. The molecule has 0 atom stereocenters. The zero-order valence-electron chi connectivity index (χ0n) is 11.4. The minimum absolute atomic E-state index is 0.465. The molecule has 5 nitrogen and oxygen atoms in total. The van der Waals surface area contributed by atoms with Crippen molar-refractivity contribution in [2.24, 2.45) is 0 Å². The Bertz CT molecular complexity index is 437. The summed E-state index contributed by atoms with van der Waals surface area (Å²) in [6, 6.07) is 5.05. The lowest BCUT2D eigenvalue weighted by molar-refractivity contribution is 0.195. The van der Waals surface area contributed by atoms with Crippen LogP contribution < -0.4 is 14.4 Å². The fraction of sp³-hybridized carbons (Fsp3) is 0.462. The molecule has 0 spiro atoms. The fourth-order valence-corrected chi connectivity index (χ4v) is 1.72. The van der Waals surface area contributed by atoms with Crippen molar-refractivity contribution in [2.75, 3.05) is 19.1 Å². The molecule has 1 aromatic rings. The average Bonchev–Trinajstić information content (AvgIpc) is 2.27. The van der Waals surface area contributed by atoms with Gasteiger partial charge < -0.3 is 14.6 Å². The van der Waals surface area contributed by atoms with Crippen molar-refractivity contribution in [3.63, 3.8) is 0 Å². The summed E-state index contributed by atoms with van der Waals surface area (Å²) in [6.07, 6.45) is -1.02. The molecule has 0 aliphatic carbocycles. The van der Waals surface area contributed by atoms with E-state index in [0.717, 1.165) is 0 Å². The molecule has 0 radical (unpaired) electrons. The third kappa shape index (κ3) is 2.85. The summed E-state index contributed by atoms with van der Waals surface area (Å²) in [5, 5.41) is 9.35. The largest absolute Gasteiger partial charge is 0.497 e. The van der Waals surface area contributed by atoms with Gasteiger partial charge in [0.25, 0.3) is 0 Å². The maximum atomic E-state index is 11.4. The molecule has 0 saturated carbocycles. The summed E-state index contributed by atoms with van der Waals surface area (Å²) in [6.45, 7) is 5.47. The second-order valence-corrected chi connectivity index (χ2v) is 4.83. The topological polar surface area (TPSA) is 59.0 Å². The highest BCUT2D eigenvalue weighted by Gasteiger charge is 2.30. The molecule has 0 aliphatic heterocycles. The van der Waals surface area contributed by atoms with Crippen molar-refractivity contribution >= 4 is 11.8 Å². The van der Waals surface area contributed by atoms with Crippen LogP contribution >= 0.6 is 0 Å². The number of nitrogens with zero attached hydrogens (tertiary/aromatic N) is 1. The Balaban J connectivity index is 3.33. The number of benzene rings is 1. The molecular formula is C13H19NO4. The van der Waals surface area contributed by atoms with Crippen LogP contribution in [0.2, 0.25) is 0 Å². The van der Waals surface area contributed by atoms with E-state index in [1.165, 1.54) is 12.0 Å². The normalized spacial score (nSPS) is 10.9. The summed E-state index contributed by atoms with van der Waals surface area (Å²) in [5.41, 5.74) is -0.0634. The maximum absolute atomic E-state index is 11.4. The van der Waals surface area contributed by atoms with Crippen LogP contribution in [0.4, 0.5) is 10.5 Å². The van der Waals surface area contributed by atoms with Crippen molar-refractivity contribution in [1.82, 2.24) is 0 Å². The molecule has 100 valence electrons. The van der Waals surface area contributed by atoms with E-state index < -0.39 is 11.6 Å². The first-order valence-corrected chi connectivity index (χ1v) is 5.56. The Morgan fingerprint density at radius 2 is 1.83 bits per heavy atom. The summed E-state index contributed by atoms with van der Waals surface area (Å²) < 4.78 is 10.3. The molecule has 0 saturated heterocycles. The lowest BCUT2D eigenvalue weighted by Crippen LogP contribution is -2.45. The van der Waals surface area contributed by atoms with Gasteiger partial charge in [-0.15, -0.1) is 0 Å². The number of hydrogen-bond acceptors (Lipinski definition) is 3. The molecule has 5 heteroatoms. The zero-order chi connectivity index (χ0) is 13.9. The third-order valence-corrected chi connectivity index (χ3v) is 2.49. The highest BCUT2D eigenvalue weighted by molar-refractivity contribution is 5.89. The maximum Gasteiger partial charge on any atom is 0.412 e. The van der Waals surface area contributed by atoms with E-state index in [9.17, 15) is 9.90 Å². The van der Waals surface area contributed by atoms with Gasteiger partial charge in [0.2, 0.25) is 0 Å². The van der Waals surface area contributed by atoms with E-state index in [1.54, 1.807) is 25.3 Å². The van der Waals surface area contributed by atoms with E-state index in [1.807, 2.05) is 20.8 Å². The Morgan fingerprint density at radius 3 is 2.22 bits per heavy atom. The van der Waals surface area contributed by atoms with Crippen LogP contribution in [0, 0.1) is 0 Å². The second kappa shape index (κ2) is 5.16. The number of carbonyl (C=O) groups is 1. The van der Waals surface area contributed by atoms with Crippen LogP contribution in [0.1, 0.15) is 20.8 Å². The average molecular weight is 253 g/mol. The number of carboxylic acid groups (broad SMARTS) is 1. The SMILES string of the molecule is COc1ccc(N(C(=O)O)C(C)(C)C)c(OC)c1. The number of amides is 1. The van der Waals surface area contributed by atoms with E-state index in [0.29, 0.717) is 17.2 Å². The van der Waals surface area contributed by atoms with E-state index in [4.69, 9.17) is 9.47 Å². The van der Waals surface area contributed by atoms with E-state index in [2.05, 4.69) is 0 Å². The zero-order valence-corrected chi connectivity index (χ0v) is 11.4. The molecule has 0 fully saturated rings. The Kier molecular flexibility index (Phi) is 4.06. The van der Waals surface area contributed by atoms with Crippen LogP contribution in [0.5, 0.6) is 11.5 Å². The molecule has 0 unspecified atom stereocenters. The van der Waals surface area contributed by atoms with E-state index in [-0.39, 0.29) is 0 Å². The predicted octanol–water partition coefficient (Wildman–Crippen LogP) is 2.99. The first-order valence-electron chi connectivity index (χ1n) is 5.56. The summed E-state index contributed by atoms with van der Waals surface area (Å²) in [5.74, 6) is 1.08. The van der Waals surface area contributed by atoms with Crippen LogP contribution in [0.25, 0.3) is 0 Å². The number of ether oxygens (including phenoxy) is 2.